The van der Waals surface area contributed by atoms with Crippen molar-refractivity contribution in [3.8, 4) is 0 Å². The number of imidazole rings is 1. The van der Waals surface area contributed by atoms with E-state index in [0.717, 1.165) is 38.9 Å². The summed E-state index contributed by atoms with van der Waals surface area (Å²) in [7, 11) is 0. The molecule has 0 N–H and O–H groups in total. The van der Waals surface area contributed by atoms with Crippen LogP contribution in [0.5, 0.6) is 0 Å². The number of rotatable bonds is 6. The van der Waals surface area contributed by atoms with Gasteiger partial charge in [0.2, 0.25) is 5.91 Å². The Morgan fingerprint density at radius 1 is 1.22 bits per heavy atom. The van der Waals surface area contributed by atoms with E-state index in [9.17, 15) is 4.79 Å². The standard InChI is InChI=1S/C19H31N3O/c1-2-3-11-22-14-10-20-19(22)17-8-12-21(13-9-17)18(23)15-16-6-4-5-7-16/h10,14,16-17H,2-9,11-13,15H2,1H3. The first kappa shape index (κ1) is 16.5. The number of piperidine rings is 1. The van der Waals surface area contributed by atoms with Crippen LogP contribution in [0.25, 0.3) is 0 Å². The maximum absolute atomic E-state index is 12.5. The molecule has 1 aliphatic carbocycles. The van der Waals surface area contributed by atoms with E-state index in [0.29, 0.717) is 17.7 Å². The molecule has 1 aliphatic heterocycles. The second kappa shape index (κ2) is 7.98. The van der Waals surface area contributed by atoms with E-state index in [1.54, 1.807) is 0 Å². The summed E-state index contributed by atoms with van der Waals surface area (Å²) in [5.41, 5.74) is 0. The van der Waals surface area contributed by atoms with E-state index in [-0.39, 0.29) is 0 Å². The smallest absolute Gasteiger partial charge is 0.222 e. The molecule has 0 radical (unpaired) electrons. The molecule has 1 aromatic heterocycles. The van der Waals surface area contributed by atoms with Gasteiger partial charge in [-0.2, -0.15) is 0 Å². The molecule has 1 aromatic rings. The summed E-state index contributed by atoms with van der Waals surface area (Å²) in [4.78, 5) is 19.2. The van der Waals surface area contributed by atoms with E-state index in [2.05, 4.69) is 27.6 Å². The van der Waals surface area contributed by atoms with Crippen molar-refractivity contribution in [1.82, 2.24) is 14.5 Å². The molecular weight excluding hydrogens is 286 g/mol. The van der Waals surface area contributed by atoms with Gasteiger partial charge in [-0.1, -0.05) is 26.2 Å². The van der Waals surface area contributed by atoms with Crippen LogP contribution in [0.3, 0.4) is 0 Å². The number of carbonyl (C=O) groups is 1. The van der Waals surface area contributed by atoms with Gasteiger partial charge in [0.05, 0.1) is 0 Å². The number of aromatic nitrogens is 2. The predicted molar refractivity (Wildman–Crippen MR) is 92.3 cm³/mol. The van der Waals surface area contributed by atoms with Crippen LogP contribution in [0.2, 0.25) is 0 Å². The van der Waals surface area contributed by atoms with Crippen LogP contribution in [0, 0.1) is 5.92 Å². The van der Waals surface area contributed by atoms with Crippen molar-refractivity contribution in [2.45, 2.75) is 77.2 Å². The average Bonchev–Trinajstić information content (AvgIpc) is 3.24. The second-order valence-corrected chi connectivity index (χ2v) is 7.34. The van der Waals surface area contributed by atoms with Gasteiger partial charge in [0, 0.05) is 44.4 Å². The van der Waals surface area contributed by atoms with Crippen LogP contribution >= 0.6 is 0 Å². The van der Waals surface area contributed by atoms with Crippen LogP contribution in [0.1, 0.15) is 76.5 Å². The van der Waals surface area contributed by atoms with Crippen molar-refractivity contribution < 1.29 is 4.79 Å². The Balaban J connectivity index is 1.50. The Morgan fingerprint density at radius 3 is 2.65 bits per heavy atom. The number of carbonyl (C=O) groups excluding carboxylic acids is 1. The summed E-state index contributed by atoms with van der Waals surface area (Å²) in [6, 6.07) is 0. The Kier molecular flexibility index (Phi) is 5.74. The lowest BCUT2D eigenvalue weighted by molar-refractivity contribution is -0.133. The van der Waals surface area contributed by atoms with Crippen molar-refractivity contribution in [3.05, 3.63) is 18.2 Å². The maximum atomic E-state index is 12.5. The number of amides is 1. The second-order valence-electron chi connectivity index (χ2n) is 7.34. The van der Waals surface area contributed by atoms with E-state index in [1.165, 1.54) is 44.3 Å². The Morgan fingerprint density at radius 2 is 1.96 bits per heavy atom. The molecule has 0 spiro atoms. The zero-order valence-electron chi connectivity index (χ0n) is 14.5. The van der Waals surface area contributed by atoms with Gasteiger partial charge < -0.3 is 9.47 Å². The first-order chi connectivity index (χ1) is 11.3. The monoisotopic (exact) mass is 317 g/mol. The molecule has 4 heteroatoms. The SMILES string of the molecule is CCCCn1ccnc1C1CCN(C(=O)CC2CCCC2)CC1. The van der Waals surface area contributed by atoms with Gasteiger partial charge in [-0.25, -0.2) is 4.98 Å². The number of hydrogen-bond donors (Lipinski definition) is 0. The first-order valence-corrected chi connectivity index (χ1v) is 9.56. The highest BCUT2D eigenvalue weighted by atomic mass is 16.2. The Labute approximate surface area is 140 Å². The fraction of sp³-hybridized carbons (Fsp3) is 0.789. The average molecular weight is 317 g/mol. The molecule has 0 aromatic carbocycles. The molecule has 1 saturated carbocycles. The molecule has 3 rings (SSSR count). The van der Waals surface area contributed by atoms with E-state index in [4.69, 9.17) is 0 Å². The zero-order chi connectivity index (χ0) is 16.1. The molecule has 2 heterocycles. The normalized spacial score (nSPS) is 20.3. The highest BCUT2D eigenvalue weighted by Crippen LogP contribution is 2.31. The topological polar surface area (TPSA) is 38.1 Å². The minimum Gasteiger partial charge on any atom is -0.343 e. The number of aryl methyl sites for hydroxylation is 1. The van der Waals surface area contributed by atoms with Crippen LogP contribution in [-0.2, 0) is 11.3 Å². The molecule has 4 nitrogen and oxygen atoms in total. The van der Waals surface area contributed by atoms with Crippen molar-refractivity contribution >= 4 is 5.91 Å². The molecule has 2 aliphatic rings. The summed E-state index contributed by atoms with van der Waals surface area (Å²) in [5, 5.41) is 0. The lowest BCUT2D eigenvalue weighted by atomic mass is 9.94. The van der Waals surface area contributed by atoms with Crippen LogP contribution in [0.15, 0.2) is 12.4 Å². The lowest BCUT2D eigenvalue weighted by Gasteiger charge is -2.32. The van der Waals surface area contributed by atoms with E-state index in [1.807, 2.05) is 6.20 Å². The van der Waals surface area contributed by atoms with Crippen LogP contribution < -0.4 is 0 Å². The molecule has 0 atom stereocenters. The van der Waals surface area contributed by atoms with Crippen molar-refractivity contribution in [1.29, 1.82) is 0 Å². The Bertz CT molecular complexity index is 496. The molecule has 23 heavy (non-hydrogen) atoms. The molecule has 0 unspecified atom stereocenters. The van der Waals surface area contributed by atoms with E-state index >= 15 is 0 Å². The fourth-order valence-electron chi connectivity index (χ4n) is 4.18. The Hall–Kier alpha value is -1.32. The van der Waals surface area contributed by atoms with Crippen LogP contribution in [0.4, 0.5) is 0 Å². The van der Waals surface area contributed by atoms with Gasteiger partial charge >= 0.3 is 0 Å². The van der Waals surface area contributed by atoms with Crippen molar-refractivity contribution in [3.63, 3.8) is 0 Å². The summed E-state index contributed by atoms with van der Waals surface area (Å²) in [6.45, 7) is 5.13. The third kappa shape index (κ3) is 4.15. The molecular formula is C19H31N3O. The van der Waals surface area contributed by atoms with Gasteiger partial charge in [-0.05, 0) is 38.0 Å². The predicted octanol–water partition coefficient (Wildman–Crippen LogP) is 3.97. The largest absolute Gasteiger partial charge is 0.343 e. The van der Waals surface area contributed by atoms with Gasteiger partial charge in [0.25, 0.3) is 0 Å². The summed E-state index contributed by atoms with van der Waals surface area (Å²) in [5.74, 6) is 2.82. The van der Waals surface area contributed by atoms with E-state index < -0.39 is 0 Å². The summed E-state index contributed by atoms with van der Waals surface area (Å²) in [6.07, 6.45) is 14.6. The molecule has 1 amide bonds. The van der Waals surface area contributed by atoms with Crippen molar-refractivity contribution in [2.75, 3.05) is 13.1 Å². The minimum atomic E-state index is 0.393. The van der Waals surface area contributed by atoms with Crippen LogP contribution in [-0.4, -0.2) is 33.4 Å². The molecule has 0 bridgehead atoms. The highest BCUT2D eigenvalue weighted by Gasteiger charge is 2.28. The number of nitrogens with zero attached hydrogens (tertiary/aromatic N) is 3. The maximum Gasteiger partial charge on any atom is 0.222 e. The van der Waals surface area contributed by atoms with Gasteiger partial charge in [0.1, 0.15) is 5.82 Å². The summed E-state index contributed by atoms with van der Waals surface area (Å²) >= 11 is 0. The highest BCUT2D eigenvalue weighted by molar-refractivity contribution is 5.76. The molecule has 128 valence electrons. The molecule has 2 fully saturated rings. The number of hydrogen-bond acceptors (Lipinski definition) is 2. The third-order valence-corrected chi connectivity index (χ3v) is 5.65. The van der Waals surface area contributed by atoms with Gasteiger partial charge in [-0.3, -0.25) is 4.79 Å². The fourth-order valence-corrected chi connectivity index (χ4v) is 4.18. The lowest BCUT2D eigenvalue weighted by Crippen LogP contribution is -2.39. The van der Waals surface area contributed by atoms with Gasteiger partial charge in [-0.15, -0.1) is 0 Å². The number of unbranched alkanes of at least 4 members (excludes halogenated alkanes) is 1. The minimum absolute atomic E-state index is 0.393. The summed E-state index contributed by atoms with van der Waals surface area (Å²) < 4.78 is 2.32. The molecule has 1 saturated heterocycles. The first-order valence-electron chi connectivity index (χ1n) is 9.56. The number of likely N-dealkylation sites (tertiary alicyclic amines) is 1. The third-order valence-electron chi connectivity index (χ3n) is 5.65. The van der Waals surface area contributed by atoms with Crippen molar-refractivity contribution in [2.24, 2.45) is 5.92 Å². The van der Waals surface area contributed by atoms with Gasteiger partial charge in [0.15, 0.2) is 0 Å². The zero-order valence-corrected chi connectivity index (χ0v) is 14.5. The quantitative estimate of drug-likeness (QED) is 0.796.